The molecule has 1 atom stereocenters. The van der Waals surface area contributed by atoms with Gasteiger partial charge in [0.1, 0.15) is 24.5 Å². The van der Waals surface area contributed by atoms with Crippen LogP contribution in [-0.2, 0) is 5.54 Å². The average Bonchev–Trinajstić information content (AvgIpc) is 3.57. The van der Waals surface area contributed by atoms with Gasteiger partial charge in [-0.3, -0.25) is 4.98 Å². The van der Waals surface area contributed by atoms with Crippen molar-refractivity contribution < 1.29 is 4.39 Å². The summed E-state index contributed by atoms with van der Waals surface area (Å²) in [5.41, 5.74) is 3.13. The molecular formula is C29H28ClFN8. The lowest BCUT2D eigenvalue weighted by molar-refractivity contribution is 0.309. The highest BCUT2D eigenvalue weighted by Crippen LogP contribution is 2.44. The maximum absolute atomic E-state index is 13.7. The van der Waals surface area contributed by atoms with Gasteiger partial charge in [-0.1, -0.05) is 55.8 Å². The molecule has 0 spiro atoms. The monoisotopic (exact) mass is 542 g/mol. The van der Waals surface area contributed by atoms with Crippen molar-refractivity contribution in [2.75, 3.05) is 23.9 Å². The molecule has 5 rings (SSSR count). The van der Waals surface area contributed by atoms with Gasteiger partial charge in [0.2, 0.25) is 0 Å². The zero-order valence-electron chi connectivity index (χ0n) is 22.0. The van der Waals surface area contributed by atoms with Gasteiger partial charge in [0.25, 0.3) is 0 Å². The van der Waals surface area contributed by atoms with Gasteiger partial charge in [-0.25, -0.2) is 9.07 Å². The Bertz CT molecular complexity index is 1620. The van der Waals surface area contributed by atoms with E-state index in [0.29, 0.717) is 63.5 Å². The number of hydrogen-bond donors (Lipinski definition) is 2. The van der Waals surface area contributed by atoms with Crippen LogP contribution in [0, 0.1) is 28.1 Å². The molecule has 1 saturated carbocycles. The number of pyridine rings is 1. The van der Waals surface area contributed by atoms with Gasteiger partial charge in [-0.15, -0.1) is 5.10 Å². The maximum Gasteiger partial charge on any atom is 0.115 e. The quantitative estimate of drug-likeness (QED) is 0.267. The summed E-state index contributed by atoms with van der Waals surface area (Å²) < 4.78 is 15.3. The number of fused-ring (bicyclic) bond motifs is 1. The molecule has 0 aliphatic heterocycles. The summed E-state index contributed by atoms with van der Waals surface area (Å²) in [5.74, 6) is 0. The van der Waals surface area contributed by atoms with E-state index in [2.05, 4.69) is 58.8 Å². The van der Waals surface area contributed by atoms with E-state index in [1.165, 1.54) is 6.20 Å². The number of hydrogen-bond acceptors (Lipinski definition) is 7. The number of benzene rings is 2. The second-order valence-corrected chi connectivity index (χ2v) is 11.6. The third-order valence-corrected chi connectivity index (χ3v) is 7.25. The van der Waals surface area contributed by atoms with E-state index >= 15 is 0 Å². The number of nitriles is 2. The molecule has 8 nitrogen and oxygen atoms in total. The first-order chi connectivity index (χ1) is 18.7. The van der Waals surface area contributed by atoms with Crippen molar-refractivity contribution >= 4 is 33.9 Å². The molecule has 0 bridgehead atoms. The minimum atomic E-state index is -0.625. The first kappa shape index (κ1) is 26.4. The third-order valence-electron chi connectivity index (χ3n) is 6.90. The van der Waals surface area contributed by atoms with Gasteiger partial charge in [0.05, 0.1) is 40.1 Å². The number of rotatable bonds is 8. The molecule has 2 N–H and O–H groups in total. The summed E-state index contributed by atoms with van der Waals surface area (Å²) in [6.45, 7) is 6.40. The van der Waals surface area contributed by atoms with E-state index in [-0.39, 0.29) is 5.41 Å². The van der Waals surface area contributed by atoms with Crippen LogP contribution in [0.15, 0.2) is 48.8 Å². The summed E-state index contributed by atoms with van der Waals surface area (Å²) in [7, 11) is 0. The fourth-order valence-corrected chi connectivity index (χ4v) is 4.74. The van der Waals surface area contributed by atoms with Crippen LogP contribution < -0.4 is 10.6 Å². The summed E-state index contributed by atoms with van der Waals surface area (Å²) in [6.07, 6.45) is 4.67. The minimum Gasteiger partial charge on any atom is -0.383 e. The van der Waals surface area contributed by atoms with E-state index in [4.69, 9.17) is 11.6 Å². The number of alkyl halides is 1. The van der Waals surface area contributed by atoms with Crippen LogP contribution in [0.2, 0.25) is 5.02 Å². The van der Waals surface area contributed by atoms with Gasteiger partial charge < -0.3 is 10.6 Å². The fourth-order valence-electron chi connectivity index (χ4n) is 4.50. The number of aromatic nitrogens is 4. The second-order valence-electron chi connectivity index (χ2n) is 11.1. The molecule has 10 heteroatoms. The highest BCUT2D eigenvalue weighted by atomic mass is 35.5. The standard InChI is InChI=1S/C29H28ClFN8/c1-28(2,3)17-35-26-19(13-33)14-34-25-18(12-32)10-20(11-22(25)26)36-27(21-6-4-5-7-23(21)30)24-15-39(38-37-24)29(16-31)8-9-29/h4-7,10-11,14-15,27,36H,8-9,16-17H2,1-3H3,(H,34,35)/t27-/m0/s1. The number of nitrogens with zero attached hydrogens (tertiary/aromatic N) is 6. The van der Waals surface area contributed by atoms with Gasteiger partial charge in [0.15, 0.2) is 0 Å². The van der Waals surface area contributed by atoms with Gasteiger partial charge in [0, 0.05) is 28.8 Å². The zero-order chi connectivity index (χ0) is 27.8. The molecule has 0 unspecified atom stereocenters. The first-order valence-electron chi connectivity index (χ1n) is 12.7. The Balaban J connectivity index is 1.62. The van der Waals surface area contributed by atoms with Gasteiger partial charge >= 0.3 is 0 Å². The molecule has 39 heavy (non-hydrogen) atoms. The Labute approximate surface area is 231 Å². The topological polar surface area (TPSA) is 115 Å². The maximum atomic E-state index is 13.7. The Morgan fingerprint density at radius 1 is 1.15 bits per heavy atom. The molecule has 0 amide bonds. The molecule has 1 aliphatic carbocycles. The SMILES string of the molecule is CC(C)(C)CNc1c(C#N)cnc2c(C#N)cc(N[C@H](c3cn(C4(CF)CC4)nn3)c3ccccc3Cl)cc12. The van der Waals surface area contributed by atoms with Crippen molar-refractivity contribution in [1.29, 1.82) is 10.5 Å². The molecule has 1 aliphatic rings. The number of nitrogens with one attached hydrogen (secondary N) is 2. The van der Waals surface area contributed by atoms with Crippen molar-refractivity contribution in [3.63, 3.8) is 0 Å². The van der Waals surface area contributed by atoms with Crippen LogP contribution >= 0.6 is 11.6 Å². The van der Waals surface area contributed by atoms with Crippen LogP contribution in [0.3, 0.4) is 0 Å². The molecule has 4 aromatic rings. The predicted octanol–water partition coefficient (Wildman–Crippen LogP) is 6.34. The average molecular weight is 543 g/mol. The molecule has 0 radical (unpaired) electrons. The van der Waals surface area contributed by atoms with Gasteiger partial charge in [-0.2, -0.15) is 10.5 Å². The molecule has 2 aromatic heterocycles. The van der Waals surface area contributed by atoms with Crippen molar-refractivity contribution in [2.45, 2.75) is 45.2 Å². The Morgan fingerprint density at radius 3 is 2.54 bits per heavy atom. The summed E-state index contributed by atoms with van der Waals surface area (Å²) in [4.78, 5) is 4.43. The lowest BCUT2D eigenvalue weighted by Crippen LogP contribution is -2.20. The van der Waals surface area contributed by atoms with Crippen molar-refractivity contribution in [2.24, 2.45) is 5.41 Å². The number of halogens is 2. The molecule has 1 fully saturated rings. The normalized spacial score (nSPS) is 14.8. The Hall–Kier alpha value is -4.21. The van der Waals surface area contributed by atoms with Crippen LogP contribution in [0.1, 0.15) is 62.0 Å². The highest BCUT2D eigenvalue weighted by molar-refractivity contribution is 6.31. The molecule has 0 saturated heterocycles. The van der Waals surface area contributed by atoms with Crippen molar-refractivity contribution in [1.82, 2.24) is 20.0 Å². The van der Waals surface area contributed by atoms with Crippen LogP contribution in [0.5, 0.6) is 0 Å². The van der Waals surface area contributed by atoms with E-state index in [1.54, 1.807) is 23.0 Å². The highest BCUT2D eigenvalue weighted by Gasteiger charge is 2.46. The largest absolute Gasteiger partial charge is 0.383 e. The first-order valence-corrected chi connectivity index (χ1v) is 13.1. The zero-order valence-corrected chi connectivity index (χ0v) is 22.7. The lowest BCUT2D eigenvalue weighted by Gasteiger charge is -2.22. The van der Waals surface area contributed by atoms with E-state index in [0.717, 1.165) is 5.56 Å². The van der Waals surface area contributed by atoms with E-state index in [9.17, 15) is 14.9 Å². The van der Waals surface area contributed by atoms with Crippen LogP contribution in [0.4, 0.5) is 15.8 Å². The summed E-state index contributed by atoms with van der Waals surface area (Å²) >= 11 is 6.61. The predicted molar refractivity (Wildman–Crippen MR) is 149 cm³/mol. The second kappa shape index (κ2) is 10.2. The van der Waals surface area contributed by atoms with E-state index < -0.39 is 18.3 Å². The minimum absolute atomic E-state index is 0.0459. The molecule has 198 valence electrons. The lowest BCUT2D eigenvalue weighted by atomic mass is 9.96. The van der Waals surface area contributed by atoms with Crippen LogP contribution in [-0.4, -0.2) is 33.2 Å². The van der Waals surface area contributed by atoms with E-state index in [1.807, 2.05) is 24.3 Å². The molecule has 2 aromatic carbocycles. The summed E-state index contributed by atoms with van der Waals surface area (Å²) in [6, 6.07) is 14.9. The molecule has 2 heterocycles. The van der Waals surface area contributed by atoms with Crippen molar-refractivity contribution in [3.05, 3.63) is 76.2 Å². The third kappa shape index (κ3) is 5.23. The Morgan fingerprint density at radius 2 is 1.90 bits per heavy atom. The van der Waals surface area contributed by atoms with Crippen molar-refractivity contribution in [3.8, 4) is 12.1 Å². The van der Waals surface area contributed by atoms with Gasteiger partial charge in [-0.05, 0) is 42.0 Å². The number of anilines is 2. The Kier molecular flexibility index (Phi) is 6.88. The van der Waals surface area contributed by atoms with Crippen LogP contribution in [0.25, 0.3) is 10.9 Å². The smallest absolute Gasteiger partial charge is 0.115 e. The fraction of sp³-hybridized carbons (Fsp3) is 0.345. The summed E-state index contributed by atoms with van der Waals surface area (Å²) in [5, 5.41) is 36.5. The molecular weight excluding hydrogens is 515 g/mol.